The van der Waals surface area contributed by atoms with Crippen LogP contribution in [0.5, 0.6) is 0 Å². The fourth-order valence-corrected chi connectivity index (χ4v) is 2.72. The lowest BCUT2D eigenvalue weighted by molar-refractivity contribution is 0.101. The molecule has 0 spiro atoms. The van der Waals surface area contributed by atoms with Crippen molar-refractivity contribution in [3.8, 4) is 0 Å². The number of carbonyl (C=O) groups excluding carboxylic acids is 2. The standard InChI is InChI=1S/C20H20N4O2/c1-13-9-14(2)11-16(10-13)21-20(26)17-12-18(24(3)23-17)22-19(25)15-7-5-4-6-8-15/h4-12H,1-3H3,(H,21,26)(H,22,25). The maximum atomic E-state index is 12.5. The minimum atomic E-state index is -0.328. The molecule has 0 saturated heterocycles. The van der Waals surface area contributed by atoms with E-state index in [-0.39, 0.29) is 17.5 Å². The average Bonchev–Trinajstić information content (AvgIpc) is 2.95. The third kappa shape index (κ3) is 3.97. The van der Waals surface area contributed by atoms with E-state index in [1.807, 2.05) is 38.1 Å². The first-order valence-electron chi connectivity index (χ1n) is 8.22. The van der Waals surface area contributed by atoms with E-state index in [0.29, 0.717) is 17.1 Å². The minimum Gasteiger partial charge on any atom is -0.321 e. The van der Waals surface area contributed by atoms with E-state index in [9.17, 15) is 9.59 Å². The first kappa shape index (κ1) is 17.4. The van der Waals surface area contributed by atoms with Crippen LogP contribution in [-0.4, -0.2) is 21.6 Å². The molecule has 0 bridgehead atoms. The van der Waals surface area contributed by atoms with E-state index in [1.165, 1.54) is 4.68 Å². The van der Waals surface area contributed by atoms with Gasteiger partial charge in [-0.1, -0.05) is 24.3 Å². The van der Waals surface area contributed by atoms with Crippen molar-refractivity contribution in [2.75, 3.05) is 10.6 Å². The van der Waals surface area contributed by atoms with Gasteiger partial charge in [0.05, 0.1) is 0 Å². The first-order chi connectivity index (χ1) is 12.4. The van der Waals surface area contributed by atoms with Crippen LogP contribution in [0.4, 0.5) is 11.5 Å². The molecule has 26 heavy (non-hydrogen) atoms. The lowest BCUT2D eigenvalue weighted by Crippen LogP contribution is -2.14. The summed E-state index contributed by atoms with van der Waals surface area (Å²) in [4.78, 5) is 24.7. The van der Waals surface area contributed by atoms with Crippen LogP contribution < -0.4 is 10.6 Å². The molecule has 2 amide bonds. The molecule has 132 valence electrons. The second kappa shape index (κ2) is 7.23. The van der Waals surface area contributed by atoms with Gasteiger partial charge in [0.1, 0.15) is 5.82 Å². The van der Waals surface area contributed by atoms with Gasteiger partial charge in [-0.2, -0.15) is 5.10 Å². The molecule has 3 rings (SSSR count). The van der Waals surface area contributed by atoms with Crippen molar-refractivity contribution in [3.63, 3.8) is 0 Å². The Morgan fingerprint density at radius 2 is 1.54 bits per heavy atom. The molecule has 3 aromatic rings. The summed E-state index contributed by atoms with van der Waals surface area (Å²) in [6.07, 6.45) is 0. The predicted molar refractivity (Wildman–Crippen MR) is 101 cm³/mol. The number of aromatic nitrogens is 2. The van der Waals surface area contributed by atoms with E-state index in [4.69, 9.17) is 0 Å². The summed E-state index contributed by atoms with van der Waals surface area (Å²) in [5.41, 5.74) is 3.62. The molecular formula is C20H20N4O2. The van der Waals surface area contributed by atoms with Crippen molar-refractivity contribution < 1.29 is 9.59 Å². The Morgan fingerprint density at radius 1 is 0.885 bits per heavy atom. The molecule has 0 aliphatic rings. The zero-order valence-electron chi connectivity index (χ0n) is 14.9. The number of nitrogens with zero attached hydrogens (tertiary/aromatic N) is 2. The molecule has 0 fully saturated rings. The molecule has 0 radical (unpaired) electrons. The van der Waals surface area contributed by atoms with Crippen LogP contribution in [-0.2, 0) is 7.05 Å². The van der Waals surface area contributed by atoms with Crippen molar-refractivity contribution >= 4 is 23.3 Å². The Labute approximate surface area is 151 Å². The summed E-state index contributed by atoms with van der Waals surface area (Å²) >= 11 is 0. The molecular weight excluding hydrogens is 328 g/mol. The highest BCUT2D eigenvalue weighted by molar-refractivity contribution is 6.06. The summed E-state index contributed by atoms with van der Waals surface area (Å²) < 4.78 is 1.47. The van der Waals surface area contributed by atoms with Crippen LogP contribution in [0.3, 0.4) is 0 Å². The highest BCUT2D eigenvalue weighted by atomic mass is 16.2. The molecule has 6 nitrogen and oxygen atoms in total. The molecule has 2 aromatic carbocycles. The SMILES string of the molecule is Cc1cc(C)cc(NC(=O)c2cc(NC(=O)c3ccccc3)n(C)n2)c1. The number of amides is 2. The highest BCUT2D eigenvalue weighted by Crippen LogP contribution is 2.16. The quantitative estimate of drug-likeness (QED) is 0.757. The Bertz CT molecular complexity index is 941. The second-order valence-corrected chi connectivity index (χ2v) is 6.19. The van der Waals surface area contributed by atoms with E-state index in [2.05, 4.69) is 15.7 Å². The van der Waals surface area contributed by atoms with Crippen molar-refractivity contribution in [1.29, 1.82) is 0 Å². The summed E-state index contributed by atoms with van der Waals surface area (Å²) in [6.45, 7) is 3.95. The van der Waals surface area contributed by atoms with E-state index in [1.54, 1.807) is 37.4 Å². The number of hydrogen-bond acceptors (Lipinski definition) is 3. The summed E-state index contributed by atoms with van der Waals surface area (Å²) in [5, 5.41) is 9.79. The zero-order chi connectivity index (χ0) is 18.7. The van der Waals surface area contributed by atoms with Gasteiger partial charge in [-0.05, 0) is 49.2 Å². The van der Waals surface area contributed by atoms with Gasteiger partial charge in [-0.3, -0.25) is 14.3 Å². The third-order valence-electron chi connectivity index (χ3n) is 3.87. The Balaban J connectivity index is 1.75. The second-order valence-electron chi connectivity index (χ2n) is 6.19. The van der Waals surface area contributed by atoms with Crippen LogP contribution in [0.25, 0.3) is 0 Å². The van der Waals surface area contributed by atoms with Gasteiger partial charge in [0, 0.05) is 24.4 Å². The summed E-state index contributed by atoms with van der Waals surface area (Å²) in [6, 6.07) is 16.3. The fraction of sp³-hybridized carbons (Fsp3) is 0.150. The summed E-state index contributed by atoms with van der Waals surface area (Å²) in [7, 11) is 1.67. The molecule has 0 unspecified atom stereocenters. The van der Waals surface area contributed by atoms with Crippen LogP contribution in [0, 0.1) is 13.8 Å². The molecule has 1 aromatic heterocycles. The number of aryl methyl sites for hydroxylation is 3. The van der Waals surface area contributed by atoms with Crippen LogP contribution in [0.1, 0.15) is 32.0 Å². The topological polar surface area (TPSA) is 76.0 Å². The number of carbonyl (C=O) groups is 2. The normalized spacial score (nSPS) is 10.4. The van der Waals surface area contributed by atoms with Gasteiger partial charge in [0.25, 0.3) is 11.8 Å². The van der Waals surface area contributed by atoms with E-state index < -0.39 is 0 Å². The van der Waals surface area contributed by atoms with E-state index >= 15 is 0 Å². The first-order valence-corrected chi connectivity index (χ1v) is 8.22. The van der Waals surface area contributed by atoms with Crippen molar-refractivity contribution in [1.82, 2.24) is 9.78 Å². The van der Waals surface area contributed by atoms with Gasteiger partial charge in [0.15, 0.2) is 5.69 Å². The molecule has 0 atom stereocenters. The molecule has 0 saturated carbocycles. The van der Waals surface area contributed by atoms with Crippen molar-refractivity contribution in [2.45, 2.75) is 13.8 Å². The van der Waals surface area contributed by atoms with Crippen LogP contribution in [0.2, 0.25) is 0 Å². The lowest BCUT2D eigenvalue weighted by atomic mass is 10.1. The van der Waals surface area contributed by atoms with Gasteiger partial charge >= 0.3 is 0 Å². The Kier molecular flexibility index (Phi) is 4.84. The van der Waals surface area contributed by atoms with Gasteiger partial charge < -0.3 is 10.6 Å². The molecule has 1 heterocycles. The minimum absolute atomic E-state index is 0.232. The molecule has 6 heteroatoms. The van der Waals surface area contributed by atoms with E-state index in [0.717, 1.165) is 11.1 Å². The third-order valence-corrected chi connectivity index (χ3v) is 3.87. The van der Waals surface area contributed by atoms with Gasteiger partial charge in [0.2, 0.25) is 0 Å². The number of nitrogens with one attached hydrogen (secondary N) is 2. The largest absolute Gasteiger partial charge is 0.321 e. The van der Waals surface area contributed by atoms with Crippen molar-refractivity contribution in [3.05, 3.63) is 77.0 Å². The smallest absolute Gasteiger partial charge is 0.276 e. The molecule has 0 aliphatic heterocycles. The number of rotatable bonds is 4. The maximum Gasteiger partial charge on any atom is 0.276 e. The van der Waals surface area contributed by atoms with Gasteiger partial charge in [-0.25, -0.2) is 0 Å². The van der Waals surface area contributed by atoms with Crippen LogP contribution >= 0.6 is 0 Å². The predicted octanol–water partition coefficient (Wildman–Crippen LogP) is 3.54. The molecule has 0 aliphatic carbocycles. The average molecular weight is 348 g/mol. The monoisotopic (exact) mass is 348 g/mol. The fourth-order valence-electron chi connectivity index (χ4n) is 2.72. The zero-order valence-corrected chi connectivity index (χ0v) is 14.9. The Hall–Kier alpha value is -3.41. The highest BCUT2D eigenvalue weighted by Gasteiger charge is 2.15. The number of anilines is 2. The number of hydrogen-bond donors (Lipinski definition) is 2. The van der Waals surface area contributed by atoms with Gasteiger partial charge in [-0.15, -0.1) is 0 Å². The Morgan fingerprint density at radius 3 is 2.19 bits per heavy atom. The van der Waals surface area contributed by atoms with Crippen molar-refractivity contribution in [2.24, 2.45) is 7.05 Å². The molecule has 2 N–H and O–H groups in total. The number of benzene rings is 2. The lowest BCUT2D eigenvalue weighted by Gasteiger charge is -2.05. The maximum absolute atomic E-state index is 12.5. The van der Waals surface area contributed by atoms with Crippen LogP contribution in [0.15, 0.2) is 54.6 Å². The summed E-state index contributed by atoms with van der Waals surface area (Å²) in [5.74, 6) is -0.134.